The number of halogens is 3. The Kier molecular flexibility index (Phi) is 3.71. The van der Waals surface area contributed by atoms with Crippen molar-refractivity contribution in [3.05, 3.63) is 62.3 Å². The van der Waals surface area contributed by atoms with Crippen molar-refractivity contribution in [1.82, 2.24) is 0 Å². The van der Waals surface area contributed by atoms with Gasteiger partial charge in [-0.05, 0) is 35.4 Å². The van der Waals surface area contributed by atoms with Crippen LogP contribution in [0, 0.1) is 5.82 Å². The third-order valence-electron chi connectivity index (χ3n) is 3.41. The second-order valence-corrected chi connectivity index (χ2v) is 6.06. The Morgan fingerprint density at radius 2 is 2.10 bits per heavy atom. The number of ether oxygens (including phenoxy) is 1. The first-order valence-electron chi connectivity index (χ1n) is 6.22. The van der Waals surface area contributed by atoms with Gasteiger partial charge in [-0.25, -0.2) is 4.39 Å². The van der Waals surface area contributed by atoms with Crippen LogP contribution in [0.3, 0.4) is 0 Å². The molecule has 0 radical (unpaired) electrons. The highest BCUT2D eigenvalue weighted by molar-refractivity contribution is 9.10. The largest absolute Gasteiger partial charge is 0.493 e. The SMILES string of the molecule is NC(c1ccc(Cl)c(F)c1)c1cc(Br)cc2c1OCC2. The van der Waals surface area contributed by atoms with Crippen molar-refractivity contribution in [2.24, 2.45) is 5.73 Å². The van der Waals surface area contributed by atoms with E-state index in [0.717, 1.165) is 27.8 Å². The lowest BCUT2D eigenvalue weighted by Gasteiger charge is -2.17. The van der Waals surface area contributed by atoms with Gasteiger partial charge in [0.1, 0.15) is 11.6 Å². The molecule has 0 bridgehead atoms. The maximum atomic E-state index is 13.6. The van der Waals surface area contributed by atoms with Crippen LogP contribution in [-0.2, 0) is 6.42 Å². The smallest absolute Gasteiger partial charge is 0.142 e. The van der Waals surface area contributed by atoms with Crippen LogP contribution in [0.1, 0.15) is 22.7 Å². The molecule has 3 rings (SSSR count). The van der Waals surface area contributed by atoms with E-state index in [9.17, 15) is 4.39 Å². The van der Waals surface area contributed by atoms with Gasteiger partial charge in [0, 0.05) is 16.5 Å². The zero-order valence-corrected chi connectivity index (χ0v) is 12.8. The first-order chi connectivity index (χ1) is 9.56. The van der Waals surface area contributed by atoms with Crippen molar-refractivity contribution in [2.75, 3.05) is 6.61 Å². The van der Waals surface area contributed by atoms with E-state index in [2.05, 4.69) is 15.9 Å². The van der Waals surface area contributed by atoms with E-state index in [1.807, 2.05) is 12.1 Å². The monoisotopic (exact) mass is 355 g/mol. The second kappa shape index (κ2) is 5.35. The number of nitrogens with two attached hydrogens (primary N) is 1. The second-order valence-electron chi connectivity index (χ2n) is 4.73. The van der Waals surface area contributed by atoms with Crippen LogP contribution in [0.15, 0.2) is 34.8 Å². The summed E-state index contributed by atoms with van der Waals surface area (Å²) < 4.78 is 20.2. The lowest BCUT2D eigenvalue weighted by atomic mass is 9.96. The average molecular weight is 357 g/mol. The summed E-state index contributed by atoms with van der Waals surface area (Å²) in [5.74, 6) is 0.350. The van der Waals surface area contributed by atoms with Crippen LogP contribution < -0.4 is 10.5 Å². The number of fused-ring (bicyclic) bond motifs is 1. The van der Waals surface area contributed by atoms with Gasteiger partial charge in [0.05, 0.1) is 17.7 Å². The maximum absolute atomic E-state index is 13.6. The van der Waals surface area contributed by atoms with Gasteiger partial charge < -0.3 is 10.5 Å². The predicted molar refractivity (Wildman–Crippen MR) is 80.8 cm³/mol. The molecule has 1 atom stereocenters. The summed E-state index contributed by atoms with van der Waals surface area (Å²) >= 11 is 9.18. The summed E-state index contributed by atoms with van der Waals surface area (Å²) in [4.78, 5) is 0. The summed E-state index contributed by atoms with van der Waals surface area (Å²) in [5, 5.41) is 0.0941. The normalized spacial score (nSPS) is 14.8. The molecule has 20 heavy (non-hydrogen) atoms. The van der Waals surface area contributed by atoms with Gasteiger partial charge in [0.2, 0.25) is 0 Å². The summed E-state index contributed by atoms with van der Waals surface area (Å²) in [6.45, 7) is 0.653. The molecule has 2 aromatic rings. The summed E-state index contributed by atoms with van der Waals surface area (Å²) in [6.07, 6.45) is 0.865. The Balaban J connectivity index is 2.06. The topological polar surface area (TPSA) is 35.2 Å². The lowest BCUT2D eigenvalue weighted by molar-refractivity contribution is 0.352. The van der Waals surface area contributed by atoms with Crippen molar-refractivity contribution < 1.29 is 9.13 Å². The van der Waals surface area contributed by atoms with Crippen LogP contribution in [-0.4, -0.2) is 6.61 Å². The van der Waals surface area contributed by atoms with E-state index < -0.39 is 11.9 Å². The lowest BCUT2D eigenvalue weighted by Crippen LogP contribution is -2.13. The summed E-state index contributed by atoms with van der Waals surface area (Å²) in [6, 6.07) is 8.12. The molecule has 0 aromatic heterocycles. The highest BCUT2D eigenvalue weighted by Crippen LogP contribution is 2.38. The Labute approximate surface area is 129 Å². The fourth-order valence-corrected chi connectivity index (χ4v) is 3.05. The van der Waals surface area contributed by atoms with Gasteiger partial charge in [0.25, 0.3) is 0 Å². The average Bonchev–Trinajstić information content (AvgIpc) is 2.88. The first-order valence-corrected chi connectivity index (χ1v) is 7.39. The van der Waals surface area contributed by atoms with Crippen molar-refractivity contribution in [3.63, 3.8) is 0 Å². The first kappa shape index (κ1) is 13.9. The third kappa shape index (κ3) is 2.43. The Morgan fingerprint density at radius 1 is 1.30 bits per heavy atom. The molecule has 1 heterocycles. The van der Waals surface area contributed by atoms with E-state index in [-0.39, 0.29) is 5.02 Å². The fraction of sp³-hybridized carbons (Fsp3) is 0.200. The van der Waals surface area contributed by atoms with Crippen LogP contribution in [0.4, 0.5) is 4.39 Å². The Morgan fingerprint density at radius 3 is 2.85 bits per heavy atom. The molecule has 5 heteroatoms. The minimum atomic E-state index is -0.466. The van der Waals surface area contributed by atoms with E-state index in [1.54, 1.807) is 6.07 Å². The van der Waals surface area contributed by atoms with Crippen LogP contribution in [0.25, 0.3) is 0 Å². The molecule has 2 aromatic carbocycles. The molecule has 0 amide bonds. The Hall–Kier alpha value is -1.10. The molecule has 104 valence electrons. The van der Waals surface area contributed by atoms with Crippen LogP contribution >= 0.6 is 27.5 Å². The molecule has 1 aliphatic heterocycles. The number of rotatable bonds is 2. The summed E-state index contributed by atoms with van der Waals surface area (Å²) in [5.41, 5.74) is 8.92. The summed E-state index contributed by atoms with van der Waals surface area (Å²) in [7, 11) is 0. The van der Waals surface area contributed by atoms with Gasteiger partial charge in [-0.15, -0.1) is 0 Å². The quantitative estimate of drug-likeness (QED) is 0.874. The highest BCUT2D eigenvalue weighted by Gasteiger charge is 2.22. The van der Waals surface area contributed by atoms with Gasteiger partial charge in [-0.2, -0.15) is 0 Å². The molecule has 1 aliphatic rings. The molecular weight excluding hydrogens is 345 g/mol. The molecule has 1 unspecified atom stereocenters. The third-order valence-corrected chi connectivity index (χ3v) is 4.18. The highest BCUT2D eigenvalue weighted by atomic mass is 79.9. The van der Waals surface area contributed by atoms with Gasteiger partial charge >= 0.3 is 0 Å². The van der Waals surface area contributed by atoms with E-state index >= 15 is 0 Å². The van der Waals surface area contributed by atoms with Gasteiger partial charge in [0.15, 0.2) is 0 Å². The minimum Gasteiger partial charge on any atom is -0.493 e. The van der Waals surface area contributed by atoms with Crippen molar-refractivity contribution in [2.45, 2.75) is 12.5 Å². The molecule has 0 saturated heterocycles. The van der Waals surface area contributed by atoms with Gasteiger partial charge in [-0.1, -0.05) is 33.6 Å². The zero-order valence-electron chi connectivity index (χ0n) is 10.5. The molecule has 0 spiro atoms. The molecule has 0 aliphatic carbocycles. The van der Waals surface area contributed by atoms with Gasteiger partial charge in [-0.3, -0.25) is 0 Å². The van der Waals surface area contributed by atoms with Crippen molar-refractivity contribution >= 4 is 27.5 Å². The van der Waals surface area contributed by atoms with E-state index in [1.165, 1.54) is 12.1 Å². The van der Waals surface area contributed by atoms with Crippen LogP contribution in [0.5, 0.6) is 5.75 Å². The number of hydrogen-bond donors (Lipinski definition) is 1. The van der Waals surface area contributed by atoms with E-state index in [4.69, 9.17) is 22.1 Å². The van der Waals surface area contributed by atoms with Crippen molar-refractivity contribution in [3.8, 4) is 5.75 Å². The Bertz CT molecular complexity index is 677. The number of benzene rings is 2. The molecule has 0 fully saturated rings. The van der Waals surface area contributed by atoms with Crippen LogP contribution in [0.2, 0.25) is 5.02 Å². The van der Waals surface area contributed by atoms with E-state index in [0.29, 0.717) is 12.2 Å². The van der Waals surface area contributed by atoms with Crippen molar-refractivity contribution in [1.29, 1.82) is 0 Å². The zero-order chi connectivity index (χ0) is 14.3. The predicted octanol–water partition coefficient (Wildman–Crippen LogP) is 4.22. The standard InChI is InChI=1S/C15H12BrClFNO/c16-10-5-9-3-4-20-15(9)11(7-10)14(19)8-1-2-12(17)13(18)6-8/h1-2,5-7,14H,3-4,19H2. The fourth-order valence-electron chi connectivity index (χ4n) is 2.41. The molecular formula is C15H12BrClFNO. The molecule has 2 N–H and O–H groups in total. The minimum absolute atomic E-state index is 0.0941. The number of hydrogen-bond acceptors (Lipinski definition) is 2. The molecule has 0 saturated carbocycles. The molecule has 2 nitrogen and oxygen atoms in total. The maximum Gasteiger partial charge on any atom is 0.142 e.